The van der Waals surface area contributed by atoms with Crippen LogP contribution in [0.15, 0.2) is 29.1 Å². The Bertz CT molecular complexity index is 1080. The van der Waals surface area contributed by atoms with Crippen LogP contribution in [0.3, 0.4) is 0 Å². The van der Waals surface area contributed by atoms with Gasteiger partial charge in [-0.3, -0.25) is 24.7 Å². The van der Waals surface area contributed by atoms with Crippen LogP contribution in [0.4, 0.5) is 17.5 Å². The molecule has 4 rings (SSSR count). The molecule has 2 N–H and O–H groups in total. The molecule has 0 bridgehead atoms. The van der Waals surface area contributed by atoms with E-state index in [2.05, 4.69) is 15.3 Å². The minimum absolute atomic E-state index is 0.0500. The zero-order valence-corrected chi connectivity index (χ0v) is 15.4. The maximum atomic E-state index is 13.0. The predicted molar refractivity (Wildman–Crippen MR) is 104 cm³/mol. The van der Waals surface area contributed by atoms with Crippen molar-refractivity contribution in [2.24, 2.45) is 5.92 Å². The fraction of sp³-hybridized carbons (Fsp3) is 0.368. The number of aromatic nitrogens is 2. The second-order valence-corrected chi connectivity index (χ2v) is 7.09. The van der Waals surface area contributed by atoms with Crippen molar-refractivity contribution in [1.29, 1.82) is 5.26 Å². The van der Waals surface area contributed by atoms with Gasteiger partial charge in [0.25, 0.3) is 11.2 Å². The largest absolute Gasteiger partial charge is 0.342 e. The monoisotopic (exact) mass is 394 g/mol. The Morgan fingerprint density at radius 2 is 1.93 bits per heavy atom. The zero-order chi connectivity index (χ0) is 20.5. The molecule has 1 fully saturated rings. The highest BCUT2D eigenvalue weighted by atomic mass is 16.6. The van der Waals surface area contributed by atoms with Crippen molar-refractivity contribution in [2.45, 2.75) is 25.2 Å². The van der Waals surface area contributed by atoms with Crippen LogP contribution in [0.2, 0.25) is 0 Å². The number of benzene rings is 1. The smallest absolute Gasteiger partial charge is 0.273 e. The van der Waals surface area contributed by atoms with E-state index in [4.69, 9.17) is 0 Å². The van der Waals surface area contributed by atoms with Crippen molar-refractivity contribution in [3.8, 4) is 6.07 Å². The number of rotatable bonds is 3. The molecule has 2 aromatic rings. The number of nitrogens with zero attached hydrogens (tertiary/aromatic N) is 4. The summed E-state index contributed by atoms with van der Waals surface area (Å²) in [6.07, 6.45) is 3.05. The number of para-hydroxylation sites is 1. The first-order valence-corrected chi connectivity index (χ1v) is 9.34. The number of carbonyl (C=O) groups is 1. The summed E-state index contributed by atoms with van der Waals surface area (Å²) in [5, 5.41) is 23.6. The third-order valence-electron chi connectivity index (χ3n) is 5.37. The lowest BCUT2D eigenvalue weighted by Gasteiger charge is -2.31. The number of amides is 1. The standard InChI is InChI=1S/C19H18N6O4/c20-10-12-14(11-6-2-3-7-13(11)25(28)29)15-16(21-17(12)26)22-19(23-18(15)27)24-8-4-1-5-9-24/h2-3,6-7,12,14H,1,4-5,8-9H2,(H2,21,22,23,26,27). The summed E-state index contributed by atoms with van der Waals surface area (Å²) in [5.74, 6) is -2.60. The molecule has 2 aliphatic heterocycles. The molecule has 2 unspecified atom stereocenters. The van der Waals surface area contributed by atoms with Crippen LogP contribution in [0.25, 0.3) is 0 Å². The molecule has 2 atom stereocenters. The molecule has 0 radical (unpaired) electrons. The average molecular weight is 394 g/mol. The Balaban J connectivity index is 1.90. The van der Waals surface area contributed by atoms with Crippen molar-refractivity contribution in [1.82, 2.24) is 9.97 Å². The van der Waals surface area contributed by atoms with E-state index >= 15 is 0 Å². The maximum Gasteiger partial charge on any atom is 0.273 e. The van der Waals surface area contributed by atoms with E-state index in [1.165, 1.54) is 18.2 Å². The van der Waals surface area contributed by atoms with E-state index in [1.807, 2.05) is 11.0 Å². The molecule has 10 nitrogen and oxygen atoms in total. The third kappa shape index (κ3) is 3.20. The first kappa shape index (κ1) is 18.6. The van der Waals surface area contributed by atoms with E-state index in [9.17, 15) is 25.0 Å². The van der Waals surface area contributed by atoms with Crippen molar-refractivity contribution < 1.29 is 9.72 Å². The topological polar surface area (TPSA) is 145 Å². The van der Waals surface area contributed by atoms with E-state index in [0.717, 1.165) is 32.4 Å². The van der Waals surface area contributed by atoms with Gasteiger partial charge in [0.05, 0.1) is 16.6 Å². The Kier molecular flexibility index (Phi) is 4.72. The molecule has 1 aromatic carbocycles. The van der Waals surface area contributed by atoms with Gasteiger partial charge >= 0.3 is 0 Å². The summed E-state index contributed by atoms with van der Waals surface area (Å²) in [5.41, 5.74) is -0.568. The van der Waals surface area contributed by atoms with Crippen LogP contribution in [-0.2, 0) is 4.79 Å². The van der Waals surface area contributed by atoms with Gasteiger partial charge in [0.15, 0.2) is 0 Å². The fourth-order valence-corrected chi connectivity index (χ4v) is 4.01. The summed E-state index contributed by atoms with van der Waals surface area (Å²) >= 11 is 0. The Hall–Kier alpha value is -3.74. The number of H-pyrrole nitrogens is 1. The number of hydrogen-bond acceptors (Lipinski definition) is 7. The lowest BCUT2D eigenvalue weighted by Crippen LogP contribution is -2.40. The van der Waals surface area contributed by atoms with Crippen LogP contribution in [0, 0.1) is 27.4 Å². The molecule has 1 aromatic heterocycles. The number of anilines is 2. The first-order chi connectivity index (χ1) is 14.0. The molecule has 0 saturated carbocycles. The van der Waals surface area contributed by atoms with Crippen LogP contribution in [-0.4, -0.2) is 33.9 Å². The first-order valence-electron chi connectivity index (χ1n) is 9.34. The molecule has 1 amide bonds. The molecule has 3 heterocycles. The number of fused-ring (bicyclic) bond motifs is 1. The Morgan fingerprint density at radius 3 is 2.62 bits per heavy atom. The van der Waals surface area contributed by atoms with Gasteiger partial charge in [0.2, 0.25) is 11.9 Å². The molecular weight excluding hydrogens is 376 g/mol. The molecule has 10 heteroatoms. The van der Waals surface area contributed by atoms with Gasteiger partial charge in [-0.2, -0.15) is 10.2 Å². The Morgan fingerprint density at radius 1 is 1.21 bits per heavy atom. The lowest BCUT2D eigenvalue weighted by atomic mass is 9.78. The summed E-state index contributed by atoms with van der Waals surface area (Å²) in [6, 6.07) is 7.72. The minimum atomic E-state index is -1.28. The number of aromatic amines is 1. The zero-order valence-electron chi connectivity index (χ0n) is 15.4. The number of nitro benzene ring substituents is 1. The van der Waals surface area contributed by atoms with Crippen LogP contribution in [0.1, 0.15) is 36.3 Å². The quantitative estimate of drug-likeness (QED) is 0.597. The third-order valence-corrected chi connectivity index (χ3v) is 5.37. The highest BCUT2D eigenvalue weighted by Crippen LogP contribution is 2.41. The molecular formula is C19H18N6O4. The van der Waals surface area contributed by atoms with E-state index in [0.29, 0.717) is 5.95 Å². The van der Waals surface area contributed by atoms with Crippen LogP contribution >= 0.6 is 0 Å². The van der Waals surface area contributed by atoms with Crippen LogP contribution in [0.5, 0.6) is 0 Å². The van der Waals surface area contributed by atoms with Crippen LogP contribution < -0.4 is 15.8 Å². The summed E-state index contributed by atoms with van der Waals surface area (Å²) in [6.45, 7) is 1.48. The van der Waals surface area contributed by atoms with Crippen molar-refractivity contribution >= 4 is 23.4 Å². The average Bonchev–Trinajstić information content (AvgIpc) is 2.73. The minimum Gasteiger partial charge on any atom is -0.342 e. The molecule has 0 aliphatic carbocycles. The van der Waals surface area contributed by atoms with Gasteiger partial charge in [-0.25, -0.2) is 0 Å². The number of hydrogen-bond donors (Lipinski definition) is 2. The maximum absolute atomic E-state index is 13.0. The van der Waals surface area contributed by atoms with Gasteiger partial charge < -0.3 is 10.2 Å². The van der Waals surface area contributed by atoms with Crippen molar-refractivity contribution in [2.75, 3.05) is 23.3 Å². The SMILES string of the molecule is N#CC1C(=O)Nc2nc(N3CCCCC3)[nH]c(=O)c2C1c1ccccc1[N+](=O)[O-]. The van der Waals surface area contributed by atoms with Crippen molar-refractivity contribution in [3.63, 3.8) is 0 Å². The number of nitro groups is 1. The van der Waals surface area contributed by atoms with E-state index in [-0.39, 0.29) is 22.6 Å². The second kappa shape index (κ2) is 7.35. The van der Waals surface area contributed by atoms with Crippen molar-refractivity contribution in [3.05, 3.63) is 55.9 Å². The van der Waals surface area contributed by atoms with E-state index in [1.54, 1.807) is 6.07 Å². The van der Waals surface area contributed by atoms with E-state index < -0.39 is 28.2 Å². The number of carbonyl (C=O) groups excluding carboxylic acids is 1. The highest BCUT2D eigenvalue weighted by molar-refractivity contribution is 5.98. The molecule has 1 saturated heterocycles. The fourth-order valence-electron chi connectivity index (χ4n) is 4.01. The normalized spacial score (nSPS) is 21.1. The van der Waals surface area contributed by atoms with Gasteiger partial charge in [-0.1, -0.05) is 18.2 Å². The summed E-state index contributed by atoms with van der Waals surface area (Å²) < 4.78 is 0. The Labute approximate surface area is 165 Å². The number of piperidine rings is 1. The number of nitriles is 1. The van der Waals surface area contributed by atoms with Gasteiger partial charge in [-0.05, 0) is 19.3 Å². The summed E-state index contributed by atoms with van der Waals surface area (Å²) in [7, 11) is 0. The molecule has 29 heavy (non-hydrogen) atoms. The molecule has 2 aliphatic rings. The highest BCUT2D eigenvalue weighted by Gasteiger charge is 2.43. The lowest BCUT2D eigenvalue weighted by molar-refractivity contribution is -0.385. The molecule has 148 valence electrons. The number of nitrogens with one attached hydrogen (secondary N) is 2. The predicted octanol–water partition coefficient (Wildman–Crippen LogP) is 1.89. The van der Waals surface area contributed by atoms with Gasteiger partial charge in [-0.15, -0.1) is 0 Å². The molecule has 0 spiro atoms. The summed E-state index contributed by atoms with van der Waals surface area (Å²) in [4.78, 5) is 45.6. The van der Waals surface area contributed by atoms with Gasteiger partial charge in [0.1, 0.15) is 11.7 Å². The van der Waals surface area contributed by atoms with Gasteiger partial charge in [0, 0.05) is 30.6 Å². The second-order valence-electron chi connectivity index (χ2n) is 7.09.